The molecule has 0 spiro atoms. The Morgan fingerprint density at radius 3 is 2.56 bits per heavy atom. The topological polar surface area (TPSA) is 65.6 Å². The number of hydrogen-bond donors (Lipinski definition) is 3. The summed E-state index contributed by atoms with van der Waals surface area (Å²) in [7, 11) is 1.67. The third-order valence-corrected chi connectivity index (χ3v) is 6.37. The molecule has 0 saturated carbocycles. The summed E-state index contributed by atoms with van der Waals surface area (Å²) in [6.45, 7) is 10.9. The van der Waals surface area contributed by atoms with Crippen LogP contribution in [0.2, 0.25) is 0 Å². The molecule has 4 atom stereocenters. The molecule has 1 aliphatic rings. The standard InChI is InChI=1S/C20H33BrN4O2/c1-6-25(7-2)16(14-9-8-10-15(11-14)27-5)12-22-20(26)19-17(21)18(13(3)4)23-24-19/h8-11,13,16-19,23-24H,6-7,12H2,1-5H3,(H,22,26). The van der Waals surface area contributed by atoms with Gasteiger partial charge in [0.25, 0.3) is 0 Å². The average Bonchev–Trinajstić information content (AvgIpc) is 3.06. The second-order valence-corrected chi connectivity index (χ2v) is 8.30. The van der Waals surface area contributed by atoms with Crippen LogP contribution in [0.4, 0.5) is 0 Å². The van der Waals surface area contributed by atoms with E-state index in [4.69, 9.17) is 4.74 Å². The van der Waals surface area contributed by atoms with Gasteiger partial charge in [0.05, 0.1) is 18.0 Å². The monoisotopic (exact) mass is 440 g/mol. The number of halogens is 1. The van der Waals surface area contributed by atoms with Gasteiger partial charge < -0.3 is 10.1 Å². The number of ether oxygens (including phenoxy) is 1. The number of likely N-dealkylation sites (N-methyl/N-ethyl adjacent to an activating group) is 1. The number of carbonyl (C=O) groups is 1. The minimum absolute atomic E-state index is 0.00702. The van der Waals surface area contributed by atoms with Crippen molar-refractivity contribution in [1.29, 1.82) is 0 Å². The van der Waals surface area contributed by atoms with Gasteiger partial charge in [-0.05, 0) is 36.7 Å². The Bertz CT molecular complexity index is 609. The van der Waals surface area contributed by atoms with Gasteiger partial charge in [-0.2, -0.15) is 0 Å². The molecule has 1 fully saturated rings. The van der Waals surface area contributed by atoms with Gasteiger partial charge >= 0.3 is 0 Å². The number of alkyl halides is 1. The predicted molar refractivity (Wildman–Crippen MR) is 113 cm³/mol. The molecule has 27 heavy (non-hydrogen) atoms. The van der Waals surface area contributed by atoms with Crippen molar-refractivity contribution in [3.8, 4) is 5.75 Å². The van der Waals surface area contributed by atoms with E-state index in [1.165, 1.54) is 0 Å². The van der Waals surface area contributed by atoms with E-state index in [0.29, 0.717) is 12.5 Å². The van der Waals surface area contributed by atoms with E-state index >= 15 is 0 Å². The van der Waals surface area contributed by atoms with E-state index in [1.54, 1.807) is 7.11 Å². The lowest BCUT2D eigenvalue weighted by Gasteiger charge is -2.31. The molecule has 152 valence electrons. The van der Waals surface area contributed by atoms with E-state index in [-0.39, 0.29) is 28.9 Å². The zero-order chi connectivity index (χ0) is 20.0. The molecule has 6 nitrogen and oxygen atoms in total. The van der Waals surface area contributed by atoms with E-state index < -0.39 is 0 Å². The van der Waals surface area contributed by atoms with Gasteiger partial charge in [0.1, 0.15) is 11.8 Å². The summed E-state index contributed by atoms with van der Waals surface area (Å²) < 4.78 is 5.38. The maximum Gasteiger partial charge on any atom is 0.239 e. The second kappa shape index (κ2) is 10.4. The molecular weight excluding hydrogens is 408 g/mol. The van der Waals surface area contributed by atoms with Gasteiger partial charge in [-0.25, -0.2) is 5.43 Å². The van der Waals surface area contributed by atoms with Crippen LogP contribution in [0.25, 0.3) is 0 Å². The number of methoxy groups -OCH3 is 1. The fourth-order valence-corrected chi connectivity index (χ4v) is 4.69. The van der Waals surface area contributed by atoms with Gasteiger partial charge in [0.15, 0.2) is 0 Å². The first-order chi connectivity index (χ1) is 12.9. The van der Waals surface area contributed by atoms with Crippen molar-refractivity contribution in [2.24, 2.45) is 5.92 Å². The van der Waals surface area contributed by atoms with Crippen LogP contribution in [0.15, 0.2) is 24.3 Å². The van der Waals surface area contributed by atoms with Crippen molar-refractivity contribution in [1.82, 2.24) is 21.1 Å². The van der Waals surface area contributed by atoms with Crippen molar-refractivity contribution in [3.05, 3.63) is 29.8 Å². The van der Waals surface area contributed by atoms with Gasteiger partial charge in [-0.1, -0.05) is 55.8 Å². The Morgan fingerprint density at radius 1 is 1.30 bits per heavy atom. The summed E-state index contributed by atoms with van der Waals surface area (Å²) in [5, 5.41) is 3.15. The normalized spacial score (nSPS) is 23.6. The summed E-state index contributed by atoms with van der Waals surface area (Å²) >= 11 is 3.69. The first kappa shape index (κ1) is 22.1. The molecule has 4 unspecified atom stereocenters. The molecule has 1 aromatic carbocycles. The summed E-state index contributed by atoms with van der Waals surface area (Å²) in [5.41, 5.74) is 7.51. The Kier molecular flexibility index (Phi) is 8.54. The van der Waals surface area contributed by atoms with Crippen LogP contribution in [-0.2, 0) is 4.79 Å². The molecule has 3 N–H and O–H groups in total. The van der Waals surface area contributed by atoms with Gasteiger partial charge in [0, 0.05) is 12.6 Å². The highest BCUT2D eigenvalue weighted by molar-refractivity contribution is 9.09. The number of rotatable bonds is 9. The summed E-state index contributed by atoms with van der Waals surface area (Å²) in [5.74, 6) is 1.27. The highest BCUT2D eigenvalue weighted by Gasteiger charge is 2.39. The number of benzene rings is 1. The zero-order valence-corrected chi connectivity index (χ0v) is 18.5. The van der Waals surface area contributed by atoms with E-state index in [1.807, 2.05) is 18.2 Å². The lowest BCUT2D eigenvalue weighted by atomic mass is 9.99. The maximum absolute atomic E-state index is 12.8. The highest BCUT2D eigenvalue weighted by atomic mass is 79.9. The number of nitrogens with zero attached hydrogens (tertiary/aromatic N) is 1. The van der Waals surface area contributed by atoms with E-state index in [9.17, 15) is 4.79 Å². The van der Waals surface area contributed by atoms with Crippen LogP contribution in [0.3, 0.4) is 0 Å². The molecule has 1 aliphatic heterocycles. The smallest absolute Gasteiger partial charge is 0.239 e. The number of amides is 1. The number of nitrogens with one attached hydrogen (secondary N) is 3. The van der Waals surface area contributed by atoms with Crippen molar-refractivity contribution in [2.45, 2.75) is 50.6 Å². The molecule has 1 amide bonds. The second-order valence-electron chi connectivity index (χ2n) is 7.24. The Labute approximate surface area is 171 Å². The van der Waals surface area contributed by atoms with Gasteiger partial charge in [0.2, 0.25) is 5.91 Å². The summed E-state index contributed by atoms with van der Waals surface area (Å²) in [6, 6.07) is 8.11. The van der Waals surface area contributed by atoms with Crippen LogP contribution in [0.1, 0.15) is 39.3 Å². The largest absolute Gasteiger partial charge is 0.497 e. The fourth-order valence-electron chi connectivity index (χ4n) is 3.58. The van der Waals surface area contributed by atoms with E-state index in [0.717, 1.165) is 24.4 Å². The van der Waals surface area contributed by atoms with Crippen LogP contribution in [-0.4, -0.2) is 54.5 Å². The summed E-state index contributed by atoms with van der Waals surface area (Å²) in [4.78, 5) is 15.2. The Hall–Kier alpha value is -1.15. The third kappa shape index (κ3) is 5.44. The molecule has 1 heterocycles. The van der Waals surface area contributed by atoms with Crippen LogP contribution >= 0.6 is 15.9 Å². The maximum atomic E-state index is 12.8. The van der Waals surface area contributed by atoms with Crippen molar-refractivity contribution < 1.29 is 9.53 Å². The molecule has 1 aromatic rings. The van der Waals surface area contributed by atoms with Crippen molar-refractivity contribution in [3.63, 3.8) is 0 Å². The van der Waals surface area contributed by atoms with Crippen LogP contribution < -0.4 is 20.9 Å². The minimum atomic E-state index is -0.292. The average molecular weight is 441 g/mol. The van der Waals surface area contributed by atoms with E-state index in [2.05, 4.69) is 70.8 Å². The van der Waals surface area contributed by atoms with Crippen molar-refractivity contribution >= 4 is 21.8 Å². The van der Waals surface area contributed by atoms with Crippen molar-refractivity contribution in [2.75, 3.05) is 26.7 Å². The van der Waals surface area contributed by atoms with Crippen LogP contribution in [0, 0.1) is 5.92 Å². The Balaban J connectivity index is 2.08. The molecular formula is C20H33BrN4O2. The molecule has 0 radical (unpaired) electrons. The first-order valence-electron chi connectivity index (χ1n) is 9.73. The third-order valence-electron chi connectivity index (χ3n) is 5.27. The Morgan fingerprint density at radius 2 is 2.00 bits per heavy atom. The molecule has 0 aliphatic carbocycles. The number of hydrazine groups is 1. The first-order valence-corrected chi connectivity index (χ1v) is 10.6. The quantitative estimate of drug-likeness (QED) is 0.514. The number of hydrogen-bond acceptors (Lipinski definition) is 5. The predicted octanol–water partition coefficient (Wildman–Crippen LogP) is 2.46. The molecule has 0 aromatic heterocycles. The van der Waals surface area contributed by atoms with Gasteiger partial charge in [-0.15, -0.1) is 0 Å². The lowest BCUT2D eigenvalue weighted by Crippen LogP contribution is -2.48. The molecule has 2 rings (SSSR count). The number of carbonyl (C=O) groups excluding carboxylic acids is 1. The van der Waals surface area contributed by atoms with Crippen LogP contribution in [0.5, 0.6) is 5.75 Å². The highest BCUT2D eigenvalue weighted by Crippen LogP contribution is 2.25. The lowest BCUT2D eigenvalue weighted by molar-refractivity contribution is -0.123. The van der Waals surface area contributed by atoms with Gasteiger partial charge in [-0.3, -0.25) is 15.1 Å². The SMILES string of the molecule is CCN(CC)C(CNC(=O)C1NNC(C(C)C)C1Br)c1cccc(OC)c1. The summed E-state index contributed by atoms with van der Waals surface area (Å²) in [6.07, 6.45) is 0. The minimum Gasteiger partial charge on any atom is -0.497 e. The zero-order valence-electron chi connectivity index (χ0n) is 17.0. The molecule has 1 saturated heterocycles. The molecule has 0 bridgehead atoms. The fraction of sp³-hybridized carbons (Fsp3) is 0.650. The molecule has 7 heteroatoms.